The predicted molar refractivity (Wildman–Crippen MR) is 105 cm³/mol. The molecule has 0 aliphatic carbocycles. The number of thiocarbonyl (C=S) groups is 1. The summed E-state index contributed by atoms with van der Waals surface area (Å²) in [5.74, 6) is -0.466. The zero-order valence-electron chi connectivity index (χ0n) is 12.9. The first kappa shape index (κ1) is 18.1. The first-order chi connectivity index (χ1) is 12.4. The van der Waals surface area contributed by atoms with Crippen LogP contribution in [0.4, 0.5) is 0 Å². The van der Waals surface area contributed by atoms with Crippen molar-refractivity contribution in [1.29, 1.82) is 0 Å². The number of amides is 1. The van der Waals surface area contributed by atoms with Crippen molar-refractivity contribution in [2.75, 3.05) is 5.43 Å². The molecule has 0 aliphatic heterocycles. The molecule has 1 heterocycles. The third-order valence-corrected chi connectivity index (χ3v) is 4.32. The molecule has 3 rings (SSSR count). The molecule has 0 aliphatic rings. The highest BCUT2D eigenvalue weighted by atomic mass is 35.5. The van der Waals surface area contributed by atoms with Gasteiger partial charge in [-0.05, 0) is 36.5 Å². The zero-order valence-corrected chi connectivity index (χ0v) is 15.2. The van der Waals surface area contributed by atoms with Crippen LogP contribution in [-0.4, -0.2) is 20.7 Å². The van der Waals surface area contributed by atoms with E-state index in [1.54, 1.807) is 30.3 Å². The molecule has 0 atom stereocenters. The number of hydrogen-bond acceptors (Lipinski definition) is 4. The number of aromatic nitrogens is 2. The van der Waals surface area contributed by atoms with Gasteiger partial charge in [-0.15, -0.1) is 0 Å². The number of rotatable bonds is 2. The molecule has 3 N–H and O–H groups in total. The van der Waals surface area contributed by atoms with Gasteiger partial charge in [-0.3, -0.25) is 25.1 Å². The normalized spacial score (nSPS) is 10.5. The standard InChI is InChI=1S/C16H10Cl2N4O3S/c17-9-6-11-12(7-10(9)18)22(15(25)14(24)19-11)21-16(26)20-13(23)8-4-2-1-3-5-8/h1-7H,(H,19,24)(H2,20,21,23,26). The minimum atomic E-state index is -0.924. The summed E-state index contributed by atoms with van der Waals surface area (Å²) in [5.41, 5.74) is 1.60. The molecule has 0 unspecified atom stereocenters. The third kappa shape index (κ3) is 3.62. The molecule has 10 heteroatoms. The maximum atomic E-state index is 12.2. The van der Waals surface area contributed by atoms with Gasteiger partial charge in [0.15, 0.2) is 5.11 Å². The zero-order chi connectivity index (χ0) is 18.8. The van der Waals surface area contributed by atoms with Crippen molar-refractivity contribution in [2.24, 2.45) is 0 Å². The monoisotopic (exact) mass is 408 g/mol. The Hall–Kier alpha value is -2.68. The molecule has 26 heavy (non-hydrogen) atoms. The quantitative estimate of drug-likeness (QED) is 0.446. The van der Waals surface area contributed by atoms with Crippen molar-refractivity contribution in [2.45, 2.75) is 0 Å². The molecular weight excluding hydrogens is 399 g/mol. The number of H-pyrrole nitrogens is 1. The van der Waals surface area contributed by atoms with Crippen molar-refractivity contribution in [1.82, 2.24) is 15.0 Å². The highest BCUT2D eigenvalue weighted by Crippen LogP contribution is 2.25. The maximum absolute atomic E-state index is 12.2. The van der Waals surface area contributed by atoms with E-state index < -0.39 is 17.0 Å². The number of carbonyl (C=O) groups excluding carboxylic acids is 1. The lowest BCUT2D eigenvalue weighted by atomic mass is 10.2. The topological polar surface area (TPSA) is 96.0 Å². The fourth-order valence-corrected chi connectivity index (χ4v) is 2.72. The van der Waals surface area contributed by atoms with Gasteiger partial charge in [0, 0.05) is 5.56 Å². The average molecular weight is 409 g/mol. The molecule has 0 spiro atoms. The van der Waals surface area contributed by atoms with E-state index in [0.717, 1.165) is 4.68 Å². The SMILES string of the molecule is O=C(NC(=S)Nn1c(=O)c(=O)[nH]c2cc(Cl)c(Cl)cc21)c1ccccc1. The van der Waals surface area contributed by atoms with E-state index in [1.807, 2.05) is 0 Å². The summed E-state index contributed by atoms with van der Waals surface area (Å²) in [6.45, 7) is 0. The van der Waals surface area contributed by atoms with Crippen LogP contribution in [0.3, 0.4) is 0 Å². The van der Waals surface area contributed by atoms with E-state index >= 15 is 0 Å². The van der Waals surface area contributed by atoms with Gasteiger partial charge in [0.1, 0.15) is 0 Å². The highest BCUT2D eigenvalue weighted by molar-refractivity contribution is 7.80. The van der Waals surface area contributed by atoms with Crippen molar-refractivity contribution in [3.05, 3.63) is 78.8 Å². The van der Waals surface area contributed by atoms with Crippen LogP contribution in [0, 0.1) is 0 Å². The maximum Gasteiger partial charge on any atom is 0.335 e. The van der Waals surface area contributed by atoms with Crippen molar-refractivity contribution in [3.8, 4) is 0 Å². The molecular formula is C16H10Cl2N4O3S. The fraction of sp³-hybridized carbons (Fsp3) is 0. The second kappa shape index (κ2) is 7.28. The van der Waals surface area contributed by atoms with Gasteiger partial charge < -0.3 is 4.98 Å². The van der Waals surface area contributed by atoms with Crippen LogP contribution in [0.25, 0.3) is 11.0 Å². The van der Waals surface area contributed by atoms with Crippen LogP contribution in [0.5, 0.6) is 0 Å². The molecule has 7 nitrogen and oxygen atoms in total. The Labute approximate surface area is 161 Å². The van der Waals surface area contributed by atoms with Crippen molar-refractivity contribution in [3.63, 3.8) is 0 Å². The Balaban J connectivity index is 1.95. The average Bonchev–Trinajstić information content (AvgIpc) is 2.61. The van der Waals surface area contributed by atoms with Crippen LogP contribution in [0.2, 0.25) is 10.0 Å². The number of fused-ring (bicyclic) bond motifs is 1. The largest absolute Gasteiger partial charge is 0.335 e. The number of carbonyl (C=O) groups is 1. The van der Waals surface area contributed by atoms with Gasteiger partial charge in [0.25, 0.3) is 5.91 Å². The molecule has 0 bridgehead atoms. The van der Waals surface area contributed by atoms with Crippen molar-refractivity contribution < 1.29 is 4.79 Å². The molecule has 1 aromatic heterocycles. The number of aromatic amines is 1. The van der Waals surface area contributed by atoms with Crippen LogP contribution >= 0.6 is 35.4 Å². The summed E-state index contributed by atoms with van der Waals surface area (Å²) in [4.78, 5) is 38.5. The Morgan fingerprint density at radius 3 is 2.42 bits per heavy atom. The molecule has 3 aromatic rings. The van der Waals surface area contributed by atoms with E-state index in [1.165, 1.54) is 12.1 Å². The summed E-state index contributed by atoms with van der Waals surface area (Å²) < 4.78 is 0.893. The molecule has 1 amide bonds. The Morgan fingerprint density at radius 2 is 1.73 bits per heavy atom. The lowest BCUT2D eigenvalue weighted by molar-refractivity contribution is 0.0977. The summed E-state index contributed by atoms with van der Waals surface area (Å²) in [6, 6.07) is 11.2. The minimum Gasteiger partial charge on any atom is -0.316 e. The molecule has 0 saturated heterocycles. The highest BCUT2D eigenvalue weighted by Gasteiger charge is 2.13. The number of halogens is 2. The lowest BCUT2D eigenvalue weighted by Crippen LogP contribution is -2.46. The predicted octanol–water partition coefficient (Wildman–Crippen LogP) is 2.25. The van der Waals surface area contributed by atoms with Gasteiger partial charge in [0.2, 0.25) is 0 Å². The van der Waals surface area contributed by atoms with Crippen LogP contribution in [-0.2, 0) is 0 Å². The lowest BCUT2D eigenvalue weighted by Gasteiger charge is -2.14. The Bertz CT molecular complexity index is 1140. The van der Waals surface area contributed by atoms with Gasteiger partial charge in [-0.1, -0.05) is 41.4 Å². The summed E-state index contributed by atoms with van der Waals surface area (Å²) in [7, 11) is 0. The van der Waals surface area contributed by atoms with Crippen LogP contribution in [0.1, 0.15) is 10.4 Å². The molecule has 2 aromatic carbocycles. The summed E-state index contributed by atoms with van der Waals surface area (Å²) in [6.07, 6.45) is 0. The molecule has 0 saturated carbocycles. The Morgan fingerprint density at radius 1 is 1.08 bits per heavy atom. The number of benzene rings is 2. The van der Waals surface area contributed by atoms with Gasteiger partial charge >= 0.3 is 11.1 Å². The first-order valence-corrected chi connectivity index (χ1v) is 8.34. The molecule has 132 valence electrons. The van der Waals surface area contributed by atoms with E-state index in [4.69, 9.17) is 35.4 Å². The second-order valence-corrected chi connectivity index (χ2v) is 6.36. The van der Waals surface area contributed by atoms with Crippen molar-refractivity contribution >= 4 is 57.5 Å². The van der Waals surface area contributed by atoms with Crippen LogP contribution < -0.4 is 21.9 Å². The Kier molecular flexibility index (Phi) is 5.08. The van der Waals surface area contributed by atoms with Gasteiger partial charge in [0.05, 0.1) is 21.1 Å². The second-order valence-electron chi connectivity index (χ2n) is 5.14. The summed E-state index contributed by atoms with van der Waals surface area (Å²) in [5, 5.41) is 2.65. The third-order valence-electron chi connectivity index (χ3n) is 3.40. The number of nitrogens with one attached hydrogen (secondary N) is 3. The van der Waals surface area contributed by atoms with E-state index in [0.29, 0.717) is 5.56 Å². The number of hydrogen-bond donors (Lipinski definition) is 3. The fourth-order valence-electron chi connectivity index (χ4n) is 2.21. The molecule has 0 radical (unpaired) electrons. The van der Waals surface area contributed by atoms with Crippen LogP contribution in [0.15, 0.2) is 52.1 Å². The van der Waals surface area contributed by atoms with E-state index in [-0.39, 0.29) is 26.2 Å². The smallest absolute Gasteiger partial charge is 0.316 e. The number of nitrogens with zero attached hydrogens (tertiary/aromatic N) is 1. The minimum absolute atomic E-state index is 0.168. The first-order valence-electron chi connectivity index (χ1n) is 7.18. The van der Waals surface area contributed by atoms with E-state index in [9.17, 15) is 14.4 Å². The molecule has 0 fully saturated rings. The van der Waals surface area contributed by atoms with E-state index in [2.05, 4.69) is 15.7 Å². The summed E-state index contributed by atoms with van der Waals surface area (Å²) >= 11 is 17.0. The van der Waals surface area contributed by atoms with Gasteiger partial charge in [-0.2, -0.15) is 0 Å². The van der Waals surface area contributed by atoms with Gasteiger partial charge in [-0.25, -0.2) is 4.68 Å².